The first-order chi connectivity index (χ1) is 15.5. The minimum atomic E-state index is -3.64. The smallest absolute Gasteiger partial charge is 0.243 e. The molecule has 0 spiro atoms. The van der Waals surface area contributed by atoms with Gasteiger partial charge in [-0.15, -0.1) is 0 Å². The van der Waals surface area contributed by atoms with E-state index in [2.05, 4.69) is 10.3 Å². The van der Waals surface area contributed by atoms with Gasteiger partial charge in [-0.2, -0.15) is 4.31 Å². The van der Waals surface area contributed by atoms with Crippen LogP contribution in [0, 0.1) is 0 Å². The maximum Gasteiger partial charge on any atom is 0.243 e. The summed E-state index contributed by atoms with van der Waals surface area (Å²) in [4.78, 5) is 16.8. The zero-order valence-corrected chi connectivity index (χ0v) is 18.4. The summed E-state index contributed by atoms with van der Waals surface area (Å²) < 4.78 is 38.4. The van der Waals surface area contributed by atoms with Gasteiger partial charge in [0.15, 0.2) is 11.7 Å². The van der Waals surface area contributed by atoms with E-state index in [1.54, 1.807) is 30.5 Å². The van der Waals surface area contributed by atoms with Gasteiger partial charge in [0.05, 0.1) is 24.3 Å². The molecule has 0 aliphatic carbocycles. The highest BCUT2D eigenvalue weighted by Gasteiger charge is 2.28. The first-order valence-electron chi connectivity index (χ1n) is 10.5. The summed E-state index contributed by atoms with van der Waals surface area (Å²) in [5.74, 6) is 0.931. The average molecular weight is 456 g/mol. The monoisotopic (exact) mass is 455 g/mol. The summed E-state index contributed by atoms with van der Waals surface area (Å²) in [5, 5.41) is 2.81. The zero-order valence-electron chi connectivity index (χ0n) is 17.6. The number of carbonyl (C=O) groups is 1. The molecule has 32 heavy (non-hydrogen) atoms. The van der Waals surface area contributed by atoms with Gasteiger partial charge in [0.25, 0.3) is 0 Å². The highest BCUT2D eigenvalue weighted by atomic mass is 32.2. The highest BCUT2D eigenvalue weighted by molar-refractivity contribution is 7.89. The molecule has 2 heterocycles. The third kappa shape index (κ3) is 5.24. The SMILES string of the molecule is O=C(CCc1ncc(-c2ccccc2)o1)NCc1ccccc1S(=O)(=O)N1CCOCC1. The summed E-state index contributed by atoms with van der Waals surface area (Å²) in [6, 6.07) is 16.4. The molecule has 1 aliphatic heterocycles. The Labute approximate surface area is 187 Å². The fourth-order valence-electron chi connectivity index (χ4n) is 3.49. The van der Waals surface area contributed by atoms with E-state index in [1.807, 2.05) is 30.3 Å². The molecule has 4 rings (SSSR count). The van der Waals surface area contributed by atoms with Gasteiger partial charge in [-0.25, -0.2) is 13.4 Å². The number of hydrogen-bond donors (Lipinski definition) is 1. The molecule has 8 nitrogen and oxygen atoms in total. The van der Waals surface area contributed by atoms with Crippen LogP contribution >= 0.6 is 0 Å². The minimum Gasteiger partial charge on any atom is -0.441 e. The lowest BCUT2D eigenvalue weighted by atomic mass is 10.2. The maximum atomic E-state index is 13.0. The van der Waals surface area contributed by atoms with Crippen LogP contribution in [0.3, 0.4) is 0 Å². The van der Waals surface area contributed by atoms with Gasteiger partial charge < -0.3 is 14.5 Å². The number of aromatic nitrogens is 1. The van der Waals surface area contributed by atoms with Crippen LogP contribution in [0.5, 0.6) is 0 Å². The van der Waals surface area contributed by atoms with Crippen LogP contribution in [0.15, 0.2) is 70.1 Å². The number of carbonyl (C=O) groups excluding carboxylic acids is 1. The topological polar surface area (TPSA) is 102 Å². The van der Waals surface area contributed by atoms with Crippen molar-refractivity contribution in [1.29, 1.82) is 0 Å². The zero-order chi connectivity index (χ0) is 22.4. The van der Waals surface area contributed by atoms with Crippen molar-refractivity contribution in [3.8, 4) is 11.3 Å². The van der Waals surface area contributed by atoms with Crippen molar-refractivity contribution in [3.05, 3.63) is 72.2 Å². The van der Waals surface area contributed by atoms with Crippen molar-refractivity contribution in [2.24, 2.45) is 0 Å². The van der Waals surface area contributed by atoms with Crippen LogP contribution in [0.1, 0.15) is 17.9 Å². The fourth-order valence-corrected chi connectivity index (χ4v) is 5.12. The van der Waals surface area contributed by atoms with Crippen LogP contribution in [0.25, 0.3) is 11.3 Å². The molecular weight excluding hydrogens is 430 g/mol. The molecular formula is C23H25N3O5S. The molecule has 0 radical (unpaired) electrons. The van der Waals surface area contributed by atoms with Crippen molar-refractivity contribution in [3.63, 3.8) is 0 Å². The number of nitrogens with zero attached hydrogens (tertiary/aromatic N) is 2. The first-order valence-corrected chi connectivity index (χ1v) is 11.9. The van der Waals surface area contributed by atoms with E-state index < -0.39 is 10.0 Å². The molecule has 168 valence electrons. The summed E-state index contributed by atoms with van der Waals surface area (Å²) in [5.41, 5.74) is 1.48. The van der Waals surface area contributed by atoms with E-state index in [0.717, 1.165) is 5.56 Å². The number of hydrogen-bond acceptors (Lipinski definition) is 6. The number of ether oxygens (including phenoxy) is 1. The number of amides is 1. The normalized spacial score (nSPS) is 14.9. The van der Waals surface area contributed by atoms with Crippen molar-refractivity contribution in [1.82, 2.24) is 14.6 Å². The molecule has 1 N–H and O–H groups in total. The highest BCUT2D eigenvalue weighted by Crippen LogP contribution is 2.22. The standard InChI is InChI=1S/C23H25N3O5S/c27-22(10-11-23-25-17-20(31-23)18-6-2-1-3-7-18)24-16-19-8-4-5-9-21(19)32(28,29)26-12-14-30-15-13-26/h1-9,17H,10-16H2,(H,24,27). The Balaban J connectivity index is 1.34. The summed E-state index contributed by atoms with van der Waals surface area (Å²) in [6.07, 6.45) is 2.19. The molecule has 0 saturated carbocycles. The van der Waals surface area contributed by atoms with Crippen LogP contribution in [0.2, 0.25) is 0 Å². The van der Waals surface area contributed by atoms with Crippen molar-refractivity contribution in [2.75, 3.05) is 26.3 Å². The van der Waals surface area contributed by atoms with Gasteiger partial charge in [0.1, 0.15) is 0 Å². The molecule has 0 atom stereocenters. The number of oxazole rings is 1. The van der Waals surface area contributed by atoms with E-state index in [9.17, 15) is 13.2 Å². The molecule has 1 saturated heterocycles. The minimum absolute atomic E-state index is 0.124. The second-order valence-corrected chi connectivity index (χ2v) is 9.29. The molecule has 2 aromatic carbocycles. The summed E-state index contributed by atoms with van der Waals surface area (Å²) in [6.45, 7) is 1.53. The van der Waals surface area contributed by atoms with Gasteiger partial charge >= 0.3 is 0 Å². The lowest BCUT2D eigenvalue weighted by molar-refractivity contribution is -0.121. The summed E-state index contributed by atoms with van der Waals surface area (Å²) >= 11 is 0. The lowest BCUT2D eigenvalue weighted by Crippen LogP contribution is -2.41. The van der Waals surface area contributed by atoms with E-state index in [4.69, 9.17) is 9.15 Å². The van der Waals surface area contributed by atoms with Crippen molar-refractivity contribution in [2.45, 2.75) is 24.3 Å². The Morgan fingerprint density at radius 2 is 1.75 bits per heavy atom. The number of aryl methyl sites for hydroxylation is 1. The predicted octanol–water partition coefficient (Wildman–Crippen LogP) is 2.61. The van der Waals surface area contributed by atoms with Gasteiger partial charge in [0, 0.05) is 38.0 Å². The molecule has 1 amide bonds. The van der Waals surface area contributed by atoms with Gasteiger partial charge in [-0.1, -0.05) is 48.5 Å². The van der Waals surface area contributed by atoms with Gasteiger partial charge in [-0.3, -0.25) is 4.79 Å². The Morgan fingerprint density at radius 3 is 2.53 bits per heavy atom. The third-order valence-electron chi connectivity index (χ3n) is 5.21. The van der Waals surface area contributed by atoms with Crippen LogP contribution < -0.4 is 5.32 Å². The fraction of sp³-hybridized carbons (Fsp3) is 0.304. The quantitative estimate of drug-likeness (QED) is 0.560. The number of morpholine rings is 1. The molecule has 0 bridgehead atoms. The molecule has 0 unspecified atom stereocenters. The first kappa shape index (κ1) is 22.2. The molecule has 9 heteroatoms. The van der Waals surface area contributed by atoms with E-state index >= 15 is 0 Å². The average Bonchev–Trinajstić information content (AvgIpc) is 3.32. The van der Waals surface area contributed by atoms with Crippen LogP contribution in [0.4, 0.5) is 0 Å². The number of sulfonamides is 1. The van der Waals surface area contributed by atoms with Gasteiger partial charge in [0.2, 0.25) is 15.9 Å². The van der Waals surface area contributed by atoms with E-state index in [-0.39, 0.29) is 23.8 Å². The summed E-state index contributed by atoms with van der Waals surface area (Å²) in [7, 11) is -3.64. The molecule has 1 aromatic heterocycles. The third-order valence-corrected chi connectivity index (χ3v) is 7.21. The van der Waals surface area contributed by atoms with Crippen molar-refractivity contribution < 1.29 is 22.4 Å². The Morgan fingerprint density at radius 1 is 1.03 bits per heavy atom. The predicted molar refractivity (Wildman–Crippen MR) is 118 cm³/mol. The van der Waals surface area contributed by atoms with Crippen LogP contribution in [-0.2, 0) is 32.5 Å². The Bertz CT molecular complexity index is 1160. The number of rotatable bonds is 8. The van der Waals surface area contributed by atoms with Gasteiger partial charge in [-0.05, 0) is 11.6 Å². The van der Waals surface area contributed by atoms with Crippen molar-refractivity contribution >= 4 is 15.9 Å². The molecule has 3 aromatic rings. The second kappa shape index (κ2) is 10.1. The van der Waals surface area contributed by atoms with E-state index in [1.165, 1.54) is 4.31 Å². The number of benzene rings is 2. The Kier molecular flexibility index (Phi) is 6.99. The van der Waals surface area contributed by atoms with E-state index in [0.29, 0.717) is 49.9 Å². The number of nitrogens with one attached hydrogen (secondary N) is 1. The largest absolute Gasteiger partial charge is 0.441 e. The van der Waals surface area contributed by atoms with Crippen LogP contribution in [-0.4, -0.2) is 49.9 Å². The Hall–Kier alpha value is -3.01. The maximum absolute atomic E-state index is 13.0. The molecule has 1 aliphatic rings. The lowest BCUT2D eigenvalue weighted by Gasteiger charge is -2.27. The second-order valence-electron chi connectivity index (χ2n) is 7.39. The molecule has 1 fully saturated rings.